The first-order valence-electron chi connectivity index (χ1n) is 8.05. The van der Waals surface area contributed by atoms with Crippen LogP contribution in [0.5, 0.6) is 0 Å². The summed E-state index contributed by atoms with van der Waals surface area (Å²) < 4.78 is 0. The Bertz CT molecular complexity index is 464. The minimum absolute atomic E-state index is 0.183. The van der Waals surface area contributed by atoms with Crippen molar-refractivity contribution in [3.05, 3.63) is 34.9 Å². The summed E-state index contributed by atoms with van der Waals surface area (Å²) in [4.78, 5) is 14.3. The molecule has 1 aliphatic rings. The standard InChI is InChI=1S/C18H28N2O/c1-14-9-15(2)11-16(10-14)6-7-18(21)19-12-17-5-4-8-20(3)13-17/h9-11,17H,4-8,12-13H2,1-3H3,(H,19,21). The Morgan fingerprint density at radius 1 is 1.29 bits per heavy atom. The van der Waals surface area contributed by atoms with E-state index in [-0.39, 0.29) is 5.91 Å². The Kier molecular flexibility index (Phi) is 5.80. The first-order valence-corrected chi connectivity index (χ1v) is 8.05. The molecule has 3 heteroatoms. The zero-order valence-electron chi connectivity index (χ0n) is 13.6. The predicted octanol–water partition coefficient (Wildman–Crippen LogP) is 2.69. The average Bonchev–Trinajstić information content (AvgIpc) is 2.42. The fourth-order valence-electron chi connectivity index (χ4n) is 3.26. The Balaban J connectivity index is 1.72. The lowest BCUT2D eigenvalue weighted by Gasteiger charge is -2.29. The molecule has 1 N–H and O–H groups in total. The highest BCUT2D eigenvalue weighted by Crippen LogP contribution is 2.14. The van der Waals surface area contributed by atoms with E-state index in [1.54, 1.807) is 0 Å². The first kappa shape index (κ1) is 16.0. The van der Waals surface area contributed by atoms with Gasteiger partial charge in [0.25, 0.3) is 0 Å². The number of carbonyl (C=O) groups is 1. The predicted molar refractivity (Wildman–Crippen MR) is 87.5 cm³/mol. The van der Waals surface area contributed by atoms with Gasteiger partial charge in [-0.2, -0.15) is 0 Å². The Labute approximate surface area is 128 Å². The summed E-state index contributed by atoms with van der Waals surface area (Å²) in [5.41, 5.74) is 3.81. The summed E-state index contributed by atoms with van der Waals surface area (Å²) >= 11 is 0. The highest BCUT2D eigenvalue weighted by Gasteiger charge is 2.17. The first-order chi connectivity index (χ1) is 10.0. The number of hydrogen-bond donors (Lipinski definition) is 1. The number of piperidine rings is 1. The zero-order valence-corrected chi connectivity index (χ0v) is 13.6. The molecule has 1 aromatic rings. The minimum Gasteiger partial charge on any atom is -0.356 e. The van der Waals surface area contributed by atoms with Gasteiger partial charge in [-0.3, -0.25) is 4.79 Å². The fourth-order valence-corrected chi connectivity index (χ4v) is 3.26. The number of nitrogens with one attached hydrogen (secondary N) is 1. The van der Waals surface area contributed by atoms with Crippen LogP contribution >= 0.6 is 0 Å². The van der Waals surface area contributed by atoms with Crippen molar-refractivity contribution in [1.29, 1.82) is 0 Å². The van der Waals surface area contributed by atoms with Crippen molar-refractivity contribution in [2.75, 3.05) is 26.7 Å². The summed E-state index contributed by atoms with van der Waals surface area (Å²) in [5, 5.41) is 3.11. The number of likely N-dealkylation sites (tertiary alicyclic amines) is 1. The third-order valence-electron chi connectivity index (χ3n) is 4.23. The monoisotopic (exact) mass is 288 g/mol. The second-order valence-electron chi connectivity index (χ2n) is 6.57. The van der Waals surface area contributed by atoms with Gasteiger partial charge in [0.2, 0.25) is 5.91 Å². The van der Waals surface area contributed by atoms with Crippen molar-refractivity contribution in [2.45, 2.75) is 39.5 Å². The van der Waals surface area contributed by atoms with Crippen LogP contribution in [0.25, 0.3) is 0 Å². The van der Waals surface area contributed by atoms with Gasteiger partial charge < -0.3 is 10.2 Å². The molecule has 21 heavy (non-hydrogen) atoms. The van der Waals surface area contributed by atoms with Crippen molar-refractivity contribution < 1.29 is 4.79 Å². The Morgan fingerprint density at radius 2 is 2.00 bits per heavy atom. The number of hydrogen-bond acceptors (Lipinski definition) is 2. The van der Waals surface area contributed by atoms with Crippen LogP contribution in [0.1, 0.15) is 36.0 Å². The molecule has 1 fully saturated rings. The molecule has 0 bridgehead atoms. The lowest BCUT2D eigenvalue weighted by Crippen LogP contribution is -2.39. The van der Waals surface area contributed by atoms with Gasteiger partial charge in [-0.05, 0) is 58.2 Å². The summed E-state index contributed by atoms with van der Waals surface area (Å²) in [6, 6.07) is 6.52. The summed E-state index contributed by atoms with van der Waals surface area (Å²) in [6.45, 7) is 7.34. The molecule has 0 spiro atoms. The van der Waals surface area contributed by atoms with Crippen LogP contribution in [0, 0.1) is 19.8 Å². The van der Waals surface area contributed by atoms with Gasteiger partial charge in [0, 0.05) is 19.5 Å². The normalized spacial score (nSPS) is 19.5. The van der Waals surface area contributed by atoms with E-state index in [0.717, 1.165) is 19.5 Å². The van der Waals surface area contributed by atoms with Crippen molar-refractivity contribution in [3.63, 3.8) is 0 Å². The maximum Gasteiger partial charge on any atom is 0.220 e. The van der Waals surface area contributed by atoms with E-state index in [2.05, 4.69) is 49.3 Å². The van der Waals surface area contributed by atoms with E-state index in [1.165, 1.54) is 36.1 Å². The molecule has 3 nitrogen and oxygen atoms in total. The number of carbonyl (C=O) groups excluding carboxylic acids is 1. The zero-order chi connectivity index (χ0) is 15.2. The van der Waals surface area contributed by atoms with Crippen LogP contribution in [0.2, 0.25) is 0 Å². The summed E-state index contributed by atoms with van der Waals surface area (Å²) in [6.07, 6.45) is 3.91. The van der Waals surface area contributed by atoms with Gasteiger partial charge in [-0.15, -0.1) is 0 Å². The van der Waals surface area contributed by atoms with Gasteiger partial charge >= 0.3 is 0 Å². The second kappa shape index (κ2) is 7.60. The van der Waals surface area contributed by atoms with Crippen LogP contribution in [0.15, 0.2) is 18.2 Å². The summed E-state index contributed by atoms with van der Waals surface area (Å²) in [7, 11) is 2.16. The maximum absolute atomic E-state index is 12.0. The van der Waals surface area contributed by atoms with Crippen molar-refractivity contribution in [1.82, 2.24) is 10.2 Å². The molecular weight excluding hydrogens is 260 g/mol. The second-order valence-corrected chi connectivity index (χ2v) is 6.57. The quantitative estimate of drug-likeness (QED) is 0.903. The molecule has 0 saturated carbocycles. The molecule has 1 aromatic carbocycles. The van der Waals surface area contributed by atoms with E-state index in [9.17, 15) is 4.79 Å². The fraction of sp³-hybridized carbons (Fsp3) is 0.611. The molecule has 1 atom stereocenters. The van der Waals surface area contributed by atoms with Crippen LogP contribution in [0.4, 0.5) is 0 Å². The van der Waals surface area contributed by atoms with Gasteiger partial charge in [-0.1, -0.05) is 29.3 Å². The molecule has 0 aliphatic carbocycles. The Morgan fingerprint density at radius 3 is 2.67 bits per heavy atom. The number of benzene rings is 1. The van der Waals surface area contributed by atoms with Crippen LogP contribution < -0.4 is 5.32 Å². The van der Waals surface area contributed by atoms with E-state index in [0.29, 0.717) is 12.3 Å². The van der Waals surface area contributed by atoms with Gasteiger partial charge in [-0.25, -0.2) is 0 Å². The highest BCUT2D eigenvalue weighted by molar-refractivity contribution is 5.76. The molecule has 1 saturated heterocycles. The third-order valence-corrected chi connectivity index (χ3v) is 4.23. The van der Waals surface area contributed by atoms with Gasteiger partial charge in [0.1, 0.15) is 0 Å². The molecule has 2 rings (SSSR count). The number of aryl methyl sites for hydroxylation is 3. The highest BCUT2D eigenvalue weighted by atomic mass is 16.1. The van der Waals surface area contributed by atoms with E-state index < -0.39 is 0 Å². The number of rotatable bonds is 5. The lowest BCUT2D eigenvalue weighted by atomic mass is 9.98. The van der Waals surface area contributed by atoms with Crippen molar-refractivity contribution >= 4 is 5.91 Å². The van der Waals surface area contributed by atoms with E-state index in [4.69, 9.17) is 0 Å². The number of nitrogens with zero attached hydrogens (tertiary/aromatic N) is 1. The summed E-state index contributed by atoms with van der Waals surface area (Å²) in [5.74, 6) is 0.802. The largest absolute Gasteiger partial charge is 0.356 e. The number of amides is 1. The molecule has 1 unspecified atom stereocenters. The van der Waals surface area contributed by atoms with Crippen molar-refractivity contribution in [3.8, 4) is 0 Å². The topological polar surface area (TPSA) is 32.3 Å². The maximum atomic E-state index is 12.0. The third kappa shape index (κ3) is 5.50. The molecular formula is C18H28N2O. The lowest BCUT2D eigenvalue weighted by molar-refractivity contribution is -0.121. The minimum atomic E-state index is 0.183. The van der Waals surface area contributed by atoms with Crippen LogP contribution in [-0.4, -0.2) is 37.5 Å². The molecule has 1 amide bonds. The Hall–Kier alpha value is -1.35. The molecule has 1 aliphatic heterocycles. The van der Waals surface area contributed by atoms with E-state index >= 15 is 0 Å². The van der Waals surface area contributed by atoms with Gasteiger partial charge in [0.15, 0.2) is 0 Å². The molecule has 1 heterocycles. The molecule has 0 aromatic heterocycles. The molecule has 0 radical (unpaired) electrons. The van der Waals surface area contributed by atoms with E-state index in [1.807, 2.05) is 0 Å². The molecule has 116 valence electrons. The van der Waals surface area contributed by atoms with Crippen LogP contribution in [0.3, 0.4) is 0 Å². The average molecular weight is 288 g/mol. The smallest absolute Gasteiger partial charge is 0.220 e. The SMILES string of the molecule is Cc1cc(C)cc(CCC(=O)NCC2CCCN(C)C2)c1. The van der Waals surface area contributed by atoms with Crippen molar-refractivity contribution in [2.24, 2.45) is 5.92 Å². The van der Waals surface area contributed by atoms with Gasteiger partial charge in [0.05, 0.1) is 0 Å². The van der Waals surface area contributed by atoms with Crippen LogP contribution in [-0.2, 0) is 11.2 Å².